The number of allylic oxidation sites excluding steroid dienone is 1. The molecule has 0 saturated heterocycles. The first-order valence-electron chi connectivity index (χ1n) is 20.0. The first kappa shape index (κ1) is 33.5. The second kappa shape index (κ2) is 12.9. The molecule has 1 aliphatic carbocycles. The molecule has 278 valence electrons. The molecule has 59 heavy (non-hydrogen) atoms. The standard InChI is InChI=1S/C54H35N3O2/c1-54(28-27-33-13-2-3-15-36(33)32-54)38-17-10-16-35(30-38)51-55-52(57-53(56-51)43-22-12-26-48-50(43)42-20-7-9-24-46(42)59-48)37-29-34-14-4-5-18-39(34)44(31-37)40-21-11-25-47-49(40)41-19-6-8-23-45(41)58-47/h2-31H,32H2,1H3. The molecule has 0 saturated carbocycles. The Bertz CT molecular complexity index is 3520. The molecule has 5 heteroatoms. The Kier molecular flexibility index (Phi) is 7.35. The average molecular weight is 758 g/mol. The van der Waals surface area contributed by atoms with Crippen molar-refractivity contribution >= 4 is 60.7 Å². The number of nitrogens with zero attached hydrogens (tertiary/aromatic N) is 3. The highest BCUT2D eigenvalue weighted by molar-refractivity contribution is 6.16. The van der Waals surface area contributed by atoms with Crippen LogP contribution in [0.5, 0.6) is 0 Å². The van der Waals surface area contributed by atoms with Gasteiger partial charge in [-0.05, 0) is 87.5 Å². The predicted octanol–water partition coefficient (Wildman–Crippen LogP) is 14.0. The highest BCUT2D eigenvalue weighted by atomic mass is 16.3. The normalized spacial score (nSPS) is 15.1. The molecule has 11 aromatic rings. The summed E-state index contributed by atoms with van der Waals surface area (Å²) < 4.78 is 12.7. The first-order chi connectivity index (χ1) is 29.1. The van der Waals surface area contributed by atoms with Crippen LogP contribution in [0.25, 0.3) is 106 Å². The molecule has 12 rings (SSSR count). The Morgan fingerprint density at radius 1 is 0.458 bits per heavy atom. The Hall–Kier alpha value is -7.63. The summed E-state index contributed by atoms with van der Waals surface area (Å²) in [6, 6.07) is 59.2. The number of hydrogen-bond donors (Lipinski definition) is 0. The van der Waals surface area contributed by atoms with E-state index in [1.807, 2.05) is 48.5 Å². The maximum absolute atomic E-state index is 6.36. The van der Waals surface area contributed by atoms with Gasteiger partial charge in [0.1, 0.15) is 22.3 Å². The predicted molar refractivity (Wildman–Crippen MR) is 240 cm³/mol. The van der Waals surface area contributed by atoms with Crippen LogP contribution in [0.4, 0.5) is 0 Å². The molecule has 0 fully saturated rings. The highest BCUT2D eigenvalue weighted by Crippen LogP contribution is 2.43. The molecule has 3 aromatic heterocycles. The van der Waals surface area contributed by atoms with Gasteiger partial charge in [-0.15, -0.1) is 0 Å². The van der Waals surface area contributed by atoms with Gasteiger partial charge in [-0.2, -0.15) is 0 Å². The molecule has 8 aromatic carbocycles. The van der Waals surface area contributed by atoms with Crippen molar-refractivity contribution in [3.05, 3.63) is 193 Å². The van der Waals surface area contributed by atoms with Crippen LogP contribution in [0, 0.1) is 0 Å². The van der Waals surface area contributed by atoms with Gasteiger partial charge in [-0.3, -0.25) is 0 Å². The minimum absolute atomic E-state index is 0.199. The van der Waals surface area contributed by atoms with E-state index in [-0.39, 0.29) is 5.41 Å². The Morgan fingerprint density at radius 3 is 1.83 bits per heavy atom. The van der Waals surface area contributed by atoms with Gasteiger partial charge in [0.25, 0.3) is 0 Å². The quantitative estimate of drug-likeness (QED) is 0.175. The zero-order valence-electron chi connectivity index (χ0n) is 32.2. The van der Waals surface area contributed by atoms with E-state index >= 15 is 0 Å². The second-order valence-electron chi connectivity index (χ2n) is 15.8. The van der Waals surface area contributed by atoms with Gasteiger partial charge in [-0.25, -0.2) is 15.0 Å². The van der Waals surface area contributed by atoms with Crippen molar-refractivity contribution in [3.63, 3.8) is 0 Å². The lowest BCUT2D eigenvalue weighted by atomic mass is 9.73. The van der Waals surface area contributed by atoms with Crippen molar-refractivity contribution in [1.29, 1.82) is 0 Å². The van der Waals surface area contributed by atoms with Crippen molar-refractivity contribution in [2.75, 3.05) is 0 Å². The van der Waals surface area contributed by atoms with Crippen molar-refractivity contribution in [2.24, 2.45) is 0 Å². The third-order valence-corrected chi connectivity index (χ3v) is 12.1. The Morgan fingerprint density at radius 2 is 1.05 bits per heavy atom. The van der Waals surface area contributed by atoms with Crippen LogP contribution >= 0.6 is 0 Å². The maximum atomic E-state index is 6.36. The van der Waals surface area contributed by atoms with Crippen LogP contribution < -0.4 is 0 Å². The highest BCUT2D eigenvalue weighted by Gasteiger charge is 2.29. The minimum atomic E-state index is -0.199. The molecule has 1 aliphatic rings. The summed E-state index contributed by atoms with van der Waals surface area (Å²) in [6.07, 6.45) is 5.50. The van der Waals surface area contributed by atoms with Crippen LogP contribution in [-0.2, 0) is 11.8 Å². The second-order valence-corrected chi connectivity index (χ2v) is 15.8. The smallest absolute Gasteiger partial charge is 0.164 e. The Labute approximate surface area is 340 Å². The lowest BCUT2D eigenvalue weighted by Gasteiger charge is -2.31. The molecule has 0 N–H and O–H groups in total. The van der Waals surface area contributed by atoms with Crippen molar-refractivity contribution in [2.45, 2.75) is 18.8 Å². The van der Waals surface area contributed by atoms with Gasteiger partial charge < -0.3 is 8.83 Å². The molecular formula is C54H35N3O2. The van der Waals surface area contributed by atoms with E-state index in [4.69, 9.17) is 23.8 Å². The summed E-state index contributed by atoms with van der Waals surface area (Å²) in [4.78, 5) is 16.0. The fourth-order valence-corrected chi connectivity index (χ4v) is 9.18. The van der Waals surface area contributed by atoms with Gasteiger partial charge in [0.15, 0.2) is 17.5 Å². The van der Waals surface area contributed by atoms with E-state index in [2.05, 4.69) is 140 Å². The van der Waals surface area contributed by atoms with Crippen LogP contribution in [0.3, 0.4) is 0 Å². The fourth-order valence-electron chi connectivity index (χ4n) is 9.18. The summed E-state index contributed by atoms with van der Waals surface area (Å²) in [7, 11) is 0. The molecule has 5 nitrogen and oxygen atoms in total. The summed E-state index contributed by atoms with van der Waals surface area (Å²) in [5, 5.41) is 6.41. The van der Waals surface area contributed by atoms with E-state index in [1.165, 1.54) is 16.7 Å². The van der Waals surface area contributed by atoms with Crippen molar-refractivity contribution in [1.82, 2.24) is 15.0 Å². The van der Waals surface area contributed by atoms with Crippen molar-refractivity contribution in [3.8, 4) is 45.3 Å². The summed E-state index contributed by atoms with van der Waals surface area (Å²) in [5.74, 6) is 1.79. The molecule has 1 unspecified atom stereocenters. The number of para-hydroxylation sites is 2. The molecule has 1 atom stereocenters. The summed E-state index contributed by atoms with van der Waals surface area (Å²) in [5.41, 5.74) is 11.9. The molecule has 3 heterocycles. The minimum Gasteiger partial charge on any atom is -0.456 e. The topological polar surface area (TPSA) is 65.0 Å². The van der Waals surface area contributed by atoms with Crippen molar-refractivity contribution < 1.29 is 8.83 Å². The summed E-state index contributed by atoms with van der Waals surface area (Å²) in [6.45, 7) is 2.31. The molecular weight excluding hydrogens is 723 g/mol. The lowest BCUT2D eigenvalue weighted by molar-refractivity contribution is 0.587. The van der Waals surface area contributed by atoms with E-state index < -0.39 is 0 Å². The summed E-state index contributed by atoms with van der Waals surface area (Å²) >= 11 is 0. The molecule has 0 aliphatic heterocycles. The number of benzene rings is 8. The van der Waals surface area contributed by atoms with Gasteiger partial charge >= 0.3 is 0 Å². The first-order valence-corrected chi connectivity index (χ1v) is 20.0. The molecule has 0 spiro atoms. The fraction of sp³-hybridized carbons (Fsp3) is 0.0556. The molecule has 0 radical (unpaired) electrons. The van der Waals surface area contributed by atoms with Gasteiger partial charge in [0.2, 0.25) is 0 Å². The van der Waals surface area contributed by atoms with E-state index in [0.717, 1.165) is 88.9 Å². The zero-order chi connectivity index (χ0) is 39.1. The maximum Gasteiger partial charge on any atom is 0.164 e. The SMILES string of the molecule is CC1(c2cccc(-c3nc(-c4cc(-c5cccc6oc7ccccc7c56)c5ccccc5c4)nc(-c4cccc5oc6ccccc6c45)n3)c2)C=Cc2ccccc2C1. The third kappa shape index (κ3) is 5.43. The number of aromatic nitrogens is 3. The van der Waals surface area contributed by atoms with Crippen LogP contribution in [0.1, 0.15) is 23.6 Å². The van der Waals surface area contributed by atoms with E-state index in [0.29, 0.717) is 17.5 Å². The van der Waals surface area contributed by atoms with Crippen LogP contribution in [-0.4, -0.2) is 15.0 Å². The Balaban J connectivity index is 1.09. The largest absolute Gasteiger partial charge is 0.456 e. The van der Waals surface area contributed by atoms with Gasteiger partial charge in [0, 0.05) is 43.7 Å². The number of hydrogen-bond acceptors (Lipinski definition) is 5. The number of fused-ring (bicyclic) bond motifs is 8. The van der Waals surface area contributed by atoms with Gasteiger partial charge in [-0.1, -0.05) is 146 Å². The van der Waals surface area contributed by atoms with Crippen LogP contribution in [0.15, 0.2) is 185 Å². The monoisotopic (exact) mass is 757 g/mol. The number of rotatable bonds is 5. The van der Waals surface area contributed by atoms with E-state index in [1.54, 1.807) is 0 Å². The third-order valence-electron chi connectivity index (χ3n) is 12.1. The lowest BCUT2D eigenvalue weighted by Crippen LogP contribution is -2.25. The zero-order valence-corrected chi connectivity index (χ0v) is 32.2. The number of furan rings is 2. The average Bonchev–Trinajstić information content (AvgIpc) is 3.87. The molecule has 0 amide bonds. The van der Waals surface area contributed by atoms with E-state index in [9.17, 15) is 0 Å². The van der Waals surface area contributed by atoms with Crippen LogP contribution in [0.2, 0.25) is 0 Å². The molecule has 0 bridgehead atoms. The van der Waals surface area contributed by atoms with Gasteiger partial charge in [0.05, 0.1) is 0 Å².